The van der Waals surface area contributed by atoms with Crippen molar-refractivity contribution in [3.8, 4) is 22.8 Å². The van der Waals surface area contributed by atoms with E-state index in [4.69, 9.17) is 38.4 Å². The molecule has 0 aliphatic rings. The van der Waals surface area contributed by atoms with Crippen molar-refractivity contribution in [2.45, 2.75) is 13.0 Å². The normalized spacial score (nSPS) is 11.9. The average Bonchev–Trinajstić information content (AvgIpc) is 3.18. The summed E-state index contributed by atoms with van der Waals surface area (Å²) >= 11 is 13.0. The van der Waals surface area contributed by atoms with E-state index in [1.807, 2.05) is 20.0 Å². The maximum atomic E-state index is 12.2. The molecular formula is C18H18Cl2N4O3S. The molecule has 0 spiro atoms. The Morgan fingerprint density at radius 1 is 1.32 bits per heavy atom. The first-order valence-electron chi connectivity index (χ1n) is 8.28. The van der Waals surface area contributed by atoms with Crippen molar-refractivity contribution in [1.29, 1.82) is 0 Å². The number of carbonyl (C=O) groups is 1. The van der Waals surface area contributed by atoms with Crippen LogP contribution in [0.5, 0.6) is 11.5 Å². The smallest absolute Gasteiger partial charge is 0.417 e. The lowest BCUT2D eigenvalue weighted by Gasteiger charge is -2.15. The van der Waals surface area contributed by atoms with Crippen LogP contribution in [0.25, 0.3) is 11.3 Å². The molecular weight excluding hydrogens is 423 g/mol. The number of nitrogens with one attached hydrogen (secondary N) is 1. The molecule has 3 aromatic rings. The molecule has 1 aromatic carbocycles. The lowest BCUT2D eigenvalue weighted by molar-refractivity contribution is 0.215. The first-order chi connectivity index (χ1) is 13.3. The van der Waals surface area contributed by atoms with Gasteiger partial charge in [-0.05, 0) is 31.2 Å². The minimum Gasteiger partial charge on any atom is -0.491 e. The molecule has 2 heterocycles. The van der Waals surface area contributed by atoms with Crippen LogP contribution in [-0.2, 0) is 7.05 Å². The van der Waals surface area contributed by atoms with Gasteiger partial charge in [0.05, 0.1) is 10.0 Å². The zero-order valence-electron chi connectivity index (χ0n) is 15.1. The predicted octanol–water partition coefficient (Wildman–Crippen LogP) is 4.79. The Bertz CT molecular complexity index is 987. The van der Waals surface area contributed by atoms with E-state index in [1.165, 1.54) is 6.07 Å². The molecule has 0 bridgehead atoms. The fourth-order valence-electron chi connectivity index (χ4n) is 2.43. The number of anilines is 1. The number of aryl methyl sites for hydroxylation is 1. The van der Waals surface area contributed by atoms with Crippen LogP contribution in [0.15, 0.2) is 36.5 Å². The number of aromatic nitrogens is 2. The second-order valence-corrected chi connectivity index (χ2v) is 8.33. The highest BCUT2D eigenvalue weighted by atomic mass is 35.5. The topological polar surface area (TPSA) is 91.4 Å². The van der Waals surface area contributed by atoms with Crippen LogP contribution < -0.4 is 20.5 Å². The molecule has 1 atom stereocenters. The van der Waals surface area contributed by atoms with Crippen LogP contribution in [0.4, 0.5) is 10.5 Å². The van der Waals surface area contributed by atoms with Crippen LogP contribution in [0.1, 0.15) is 6.92 Å². The number of nitrogens with two attached hydrogens (primary N) is 1. The quantitative estimate of drug-likeness (QED) is 0.574. The number of hydrogen-bond acceptors (Lipinski definition) is 6. The molecule has 3 N–H and O–H groups in total. The summed E-state index contributed by atoms with van der Waals surface area (Å²) in [6, 6.07) is 8.46. The molecule has 0 saturated carbocycles. The third-order valence-corrected chi connectivity index (χ3v) is 5.10. The number of thiophene rings is 1. The lowest BCUT2D eigenvalue weighted by atomic mass is 10.1. The van der Waals surface area contributed by atoms with Crippen LogP contribution in [0.3, 0.4) is 0 Å². The predicted molar refractivity (Wildman–Crippen MR) is 112 cm³/mol. The number of amides is 1. The largest absolute Gasteiger partial charge is 0.491 e. The van der Waals surface area contributed by atoms with Crippen molar-refractivity contribution in [2.24, 2.45) is 12.8 Å². The molecule has 2 aromatic heterocycles. The summed E-state index contributed by atoms with van der Waals surface area (Å²) in [5.41, 5.74) is 7.89. The van der Waals surface area contributed by atoms with Gasteiger partial charge in [-0.25, -0.2) is 4.79 Å². The van der Waals surface area contributed by atoms with Crippen molar-refractivity contribution < 1.29 is 14.3 Å². The summed E-state index contributed by atoms with van der Waals surface area (Å²) < 4.78 is 13.5. The minimum atomic E-state index is -0.684. The van der Waals surface area contributed by atoms with E-state index in [-0.39, 0.29) is 11.8 Å². The lowest BCUT2D eigenvalue weighted by Crippen LogP contribution is -2.23. The molecule has 1 amide bonds. The van der Waals surface area contributed by atoms with Crippen LogP contribution in [-0.4, -0.2) is 28.5 Å². The second-order valence-electron chi connectivity index (χ2n) is 6.04. The Labute approximate surface area is 176 Å². The zero-order chi connectivity index (χ0) is 20.3. The third kappa shape index (κ3) is 4.96. The fraction of sp³-hybridized carbons (Fsp3) is 0.222. The molecule has 10 heteroatoms. The molecule has 0 unspecified atom stereocenters. The van der Waals surface area contributed by atoms with E-state index in [2.05, 4.69) is 10.4 Å². The standard InChI is InChI=1S/C18H18Cl2N4O3S/c1-10(21)9-26-14-4-3-11(7-12(14)13-5-6-22-24(13)2)23-18(25)27-15-8-16(19)28-17(15)20/h3-8,10H,9,21H2,1-2H3,(H,23,25)/t10-/m1/s1. The Kier molecular flexibility index (Phi) is 6.46. The Hall–Kier alpha value is -2.26. The van der Waals surface area contributed by atoms with E-state index in [1.54, 1.807) is 29.1 Å². The molecule has 0 radical (unpaired) electrons. The molecule has 7 nitrogen and oxygen atoms in total. The molecule has 0 fully saturated rings. The van der Waals surface area contributed by atoms with Gasteiger partial charge in [-0.3, -0.25) is 10.00 Å². The number of halogens is 2. The van der Waals surface area contributed by atoms with Crippen molar-refractivity contribution >= 4 is 46.3 Å². The molecule has 0 saturated heterocycles. The van der Waals surface area contributed by atoms with E-state index < -0.39 is 6.09 Å². The highest BCUT2D eigenvalue weighted by Crippen LogP contribution is 2.37. The number of ether oxygens (including phenoxy) is 2. The Balaban J connectivity index is 1.82. The SMILES string of the molecule is C[C@@H](N)COc1ccc(NC(=O)Oc2cc(Cl)sc2Cl)cc1-c1ccnn1C. The van der Waals surface area contributed by atoms with Gasteiger partial charge in [0.25, 0.3) is 0 Å². The molecule has 28 heavy (non-hydrogen) atoms. The summed E-state index contributed by atoms with van der Waals surface area (Å²) in [7, 11) is 1.82. The number of benzene rings is 1. The average molecular weight is 441 g/mol. The van der Waals surface area contributed by atoms with E-state index in [0.717, 1.165) is 22.6 Å². The van der Waals surface area contributed by atoms with Crippen molar-refractivity contribution in [3.05, 3.63) is 45.2 Å². The zero-order valence-corrected chi connectivity index (χ0v) is 17.4. The van der Waals surface area contributed by atoms with Crippen LogP contribution in [0, 0.1) is 0 Å². The number of rotatable bonds is 6. The van der Waals surface area contributed by atoms with Crippen molar-refractivity contribution in [2.75, 3.05) is 11.9 Å². The summed E-state index contributed by atoms with van der Waals surface area (Å²) in [6.07, 6.45) is 0.998. The van der Waals surface area contributed by atoms with E-state index >= 15 is 0 Å². The van der Waals surface area contributed by atoms with E-state index in [9.17, 15) is 4.79 Å². The third-order valence-electron chi connectivity index (χ3n) is 3.65. The Morgan fingerprint density at radius 2 is 2.11 bits per heavy atom. The summed E-state index contributed by atoms with van der Waals surface area (Å²) in [5.74, 6) is 0.838. The van der Waals surface area contributed by atoms with Crippen LogP contribution in [0.2, 0.25) is 8.67 Å². The number of hydrogen-bond donors (Lipinski definition) is 2. The summed E-state index contributed by atoms with van der Waals surface area (Å²) in [6.45, 7) is 2.22. The van der Waals surface area contributed by atoms with Gasteiger partial charge in [0.15, 0.2) is 5.75 Å². The van der Waals surface area contributed by atoms with Gasteiger partial charge in [-0.1, -0.05) is 23.2 Å². The molecule has 0 aliphatic carbocycles. The monoisotopic (exact) mass is 440 g/mol. The van der Waals surface area contributed by atoms with Crippen LogP contribution >= 0.6 is 34.5 Å². The van der Waals surface area contributed by atoms with Crippen molar-refractivity contribution in [3.63, 3.8) is 0 Å². The number of nitrogens with zero attached hydrogens (tertiary/aromatic N) is 2. The maximum absolute atomic E-state index is 12.2. The molecule has 148 valence electrons. The van der Waals surface area contributed by atoms with Gasteiger partial charge in [0, 0.05) is 36.6 Å². The van der Waals surface area contributed by atoms with E-state index in [0.29, 0.717) is 26.7 Å². The molecule has 3 rings (SSSR count). The van der Waals surface area contributed by atoms with Crippen molar-refractivity contribution in [1.82, 2.24) is 9.78 Å². The highest BCUT2D eigenvalue weighted by molar-refractivity contribution is 7.20. The van der Waals surface area contributed by atoms with Gasteiger partial charge in [0.1, 0.15) is 16.7 Å². The minimum absolute atomic E-state index is 0.116. The second kappa shape index (κ2) is 8.83. The number of carbonyl (C=O) groups excluding carboxylic acids is 1. The Morgan fingerprint density at radius 3 is 2.71 bits per heavy atom. The molecule has 0 aliphatic heterocycles. The van der Waals surface area contributed by atoms with Gasteiger partial charge < -0.3 is 15.2 Å². The highest BCUT2D eigenvalue weighted by Gasteiger charge is 2.15. The fourth-order valence-corrected chi connectivity index (χ4v) is 3.76. The van der Waals surface area contributed by atoms with Gasteiger partial charge in [-0.15, -0.1) is 11.3 Å². The van der Waals surface area contributed by atoms with Gasteiger partial charge in [-0.2, -0.15) is 5.10 Å². The summed E-state index contributed by atoms with van der Waals surface area (Å²) in [5, 5.41) is 6.86. The maximum Gasteiger partial charge on any atom is 0.417 e. The summed E-state index contributed by atoms with van der Waals surface area (Å²) in [4.78, 5) is 12.2. The van der Waals surface area contributed by atoms with Gasteiger partial charge >= 0.3 is 6.09 Å². The van der Waals surface area contributed by atoms with Gasteiger partial charge in [0.2, 0.25) is 0 Å². The first kappa shape index (κ1) is 20.5. The first-order valence-corrected chi connectivity index (χ1v) is 9.85.